The number of para-hydroxylation sites is 2. The van der Waals surface area contributed by atoms with Crippen molar-refractivity contribution in [2.45, 2.75) is 12.8 Å². The fourth-order valence-corrected chi connectivity index (χ4v) is 3.87. The predicted molar refractivity (Wildman–Crippen MR) is 112 cm³/mol. The minimum Gasteiger partial charge on any atom is -0.342 e. The Balaban J connectivity index is 1.21. The minimum absolute atomic E-state index is 0.0317. The Morgan fingerprint density at radius 3 is 2.79 bits per heavy atom. The Morgan fingerprint density at radius 1 is 1.11 bits per heavy atom. The highest BCUT2D eigenvalue weighted by molar-refractivity contribution is 7.15. The normalized spacial score (nSPS) is 11.3. The van der Waals surface area contributed by atoms with Crippen LogP contribution < -0.4 is 5.32 Å². The summed E-state index contributed by atoms with van der Waals surface area (Å²) in [6.07, 6.45) is 4.95. The molecule has 0 fully saturated rings. The standard InChI is InChI=1S/C21H17N5OS/c27-20(10-9-19-23-16-3-1-2-4-17(16)24-19)22-15-7-5-14(6-8-15)18-13-26-11-12-28-21(26)25-18/h1-8,11-13H,9-10H2,(H,22,27)(H,23,24). The first-order valence-corrected chi connectivity index (χ1v) is 9.89. The fraction of sp³-hybridized carbons (Fsp3) is 0.0952. The molecule has 28 heavy (non-hydrogen) atoms. The minimum atomic E-state index is -0.0317. The Bertz CT molecular complexity index is 1200. The van der Waals surface area contributed by atoms with Crippen molar-refractivity contribution < 1.29 is 4.79 Å². The number of carbonyl (C=O) groups is 1. The van der Waals surface area contributed by atoms with E-state index in [2.05, 4.69) is 20.3 Å². The molecule has 0 bridgehead atoms. The quantitative estimate of drug-likeness (QED) is 0.466. The monoisotopic (exact) mass is 387 g/mol. The zero-order valence-corrected chi connectivity index (χ0v) is 15.7. The average molecular weight is 387 g/mol. The molecule has 5 rings (SSSR count). The van der Waals surface area contributed by atoms with Gasteiger partial charge in [0.05, 0.1) is 16.7 Å². The molecule has 0 aliphatic carbocycles. The summed E-state index contributed by atoms with van der Waals surface area (Å²) >= 11 is 1.61. The van der Waals surface area contributed by atoms with Crippen molar-refractivity contribution in [3.8, 4) is 11.3 Å². The maximum atomic E-state index is 12.3. The third-order valence-electron chi connectivity index (χ3n) is 4.58. The van der Waals surface area contributed by atoms with Gasteiger partial charge in [-0.15, -0.1) is 11.3 Å². The third-order valence-corrected chi connectivity index (χ3v) is 5.36. The van der Waals surface area contributed by atoms with Crippen molar-refractivity contribution >= 4 is 38.9 Å². The lowest BCUT2D eigenvalue weighted by molar-refractivity contribution is -0.116. The summed E-state index contributed by atoms with van der Waals surface area (Å²) in [6, 6.07) is 15.6. The van der Waals surface area contributed by atoms with Gasteiger partial charge in [-0.2, -0.15) is 0 Å². The van der Waals surface area contributed by atoms with E-state index in [0.717, 1.165) is 38.8 Å². The molecule has 2 aromatic carbocycles. The van der Waals surface area contributed by atoms with Gasteiger partial charge in [-0.1, -0.05) is 24.3 Å². The van der Waals surface area contributed by atoms with Gasteiger partial charge in [-0.25, -0.2) is 9.97 Å². The average Bonchev–Trinajstić information content (AvgIpc) is 3.41. The van der Waals surface area contributed by atoms with Gasteiger partial charge in [-0.05, 0) is 24.3 Å². The maximum Gasteiger partial charge on any atom is 0.224 e. The summed E-state index contributed by atoms with van der Waals surface area (Å²) < 4.78 is 2.01. The van der Waals surface area contributed by atoms with E-state index < -0.39 is 0 Å². The Kier molecular flexibility index (Phi) is 4.14. The highest BCUT2D eigenvalue weighted by Crippen LogP contribution is 2.23. The van der Waals surface area contributed by atoms with Gasteiger partial charge >= 0.3 is 0 Å². The lowest BCUT2D eigenvalue weighted by Crippen LogP contribution is -2.12. The van der Waals surface area contributed by atoms with Crippen LogP contribution in [0, 0.1) is 0 Å². The molecule has 0 aliphatic heterocycles. The van der Waals surface area contributed by atoms with E-state index in [-0.39, 0.29) is 5.91 Å². The summed E-state index contributed by atoms with van der Waals surface area (Å²) in [7, 11) is 0. The number of rotatable bonds is 5. The van der Waals surface area contributed by atoms with Gasteiger partial charge in [0.2, 0.25) is 5.91 Å². The van der Waals surface area contributed by atoms with Crippen LogP contribution in [0.3, 0.4) is 0 Å². The molecule has 0 saturated heterocycles. The van der Waals surface area contributed by atoms with E-state index in [1.54, 1.807) is 11.3 Å². The second-order valence-corrected chi connectivity index (χ2v) is 7.42. The molecule has 6 nitrogen and oxygen atoms in total. The number of nitrogens with zero attached hydrogens (tertiary/aromatic N) is 3. The van der Waals surface area contributed by atoms with E-state index in [0.29, 0.717) is 12.8 Å². The van der Waals surface area contributed by atoms with Gasteiger partial charge in [0, 0.05) is 41.9 Å². The zero-order valence-electron chi connectivity index (χ0n) is 14.9. The number of aromatic amines is 1. The van der Waals surface area contributed by atoms with Crippen molar-refractivity contribution in [3.63, 3.8) is 0 Å². The fourth-order valence-electron chi connectivity index (χ4n) is 3.17. The number of hydrogen-bond donors (Lipinski definition) is 2. The largest absolute Gasteiger partial charge is 0.342 e. The Labute approximate surface area is 164 Å². The van der Waals surface area contributed by atoms with Crippen LogP contribution in [0.1, 0.15) is 12.2 Å². The number of fused-ring (bicyclic) bond motifs is 2. The smallest absolute Gasteiger partial charge is 0.224 e. The van der Waals surface area contributed by atoms with Crippen LogP contribution in [0.15, 0.2) is 66.3 Å². The number of anilines is 1. The lowest BCUT2D eigenvalue weighted by atomic mass is 10.1. The molecule has 2 N–H and O–H groups in total. The SMILES string of the molecule is O=C(CCc1nc2ccccc2[nH]1)Nc1ccc(-c2cn3ccsc3n2)cc1. The van der Waals surface area contributed by atoms with E-state index in [4.69, 9.17) is 0 Å². The topological polar surface area (TPSA) is 75.1 Å². The number of nitrogens with one attached hydrogen (secondary N) is 2. The lowest BCUT2D eigenvalue weighted by Gasteiger charge is -2.05. The number of carbonyl (C=O) groups excluding carboxylic acids is 1. The number of imidazole rings is 2. The molecule has 0 saturated carbocycles. The molecular weight excluding hydrogens is 370 g/mol. The van der Waals surface area contributed by atoms with Gasteiger partial charge < -0.3 is 10.3 Å². The Morgan fingerprint density at radius 2 is 1.96 bits per heavy atom. The number of hydrogen-bond acceptors (Lipinski definition) is 4. The highest BCUT2D eigenvalue weighted by atomic mass is 32.1. The molecule has 1 amide bonds. The molecule has 5 aromatic rings. The van der Waals surface area contributed by atoms with E-state index >= 15 is 0 Å². The van der Waals surface area contributed by atoms with Gasteiger partial charge in [0.25, 0.3) is 0 Å². The molecule has 0 aliphatic rings. The molecule has 7 heteroatoms. The summed E-state index contributed by atoms with van der Waals surface area (Å²) in [5.41, 5.74) is 4.64. The molecule has 0 unspecified atom stereocenters. The number of H-pyrrole nitrogens is 1. The zero-order chi connectivity index (χ0) is 18.9. The van der Waals surface area contributed by atoms with Crippen molar-refractivity contribution in [2.24, 2.45) is 0 Å². The van der Waals surface area contributed by atoms with Crippen molar-refractivity contribution in [2.75, 3.05) is 5.32 Å². The van der Waals surface area contributed by atoms with Crippen LogP contribution in [-0.4, -0.2) is 25.3 Å². The first-order valence-electron chi connectivity index (χ1n) is 9.01. The van der Waals surface area contributed by atoms with Crippen molar-refractivity contribution in [1.29, 1.82) is 0 Å². The highest BCUT2D eigenvalue weighted by Gasteiger charge is 2.08. The summed E-state index contributed by atoms with van der Waals surface area (Å²) in [5, 5.41) is 4.95. The second kappa shape index (κ2) is 6.94. The molecule has 0 spiro atoms. The molecule has 3 heterocycles. The molecule has 138 valence electrons. The second-order valence-electron chi connectivity index (χ2n) is 6.55. The van der Waals surface area contributed by atoms with Crippen LogP contribution in [-0.2, 0) is 11.2 Å². The molecule has 3 aromatic heterocycles. The maximum absolute atomic E-state index is 12.3. The van der Waals surface area contributed by atoms with Crippen LogP contribution in [0.2, 0.25) is 0 Å². The predicted octanol–water partition coefficient (Wildman–Crippen LogP) is 4.51. The Hall–Kier alpha value is -3.45. The number of benzene rings is 2. The number of aryl methyl sites for hydroxylation is 1. The van der Waals surface area contributed by atoms with Gasteiger partial charge in [-0.3, -0.25) is 9.20 Å². The molecular formula is C21H17N5OS. The van der Waals surface area contributed by atoms with Crippen LogP contribution in [0.5, 0.6) is 0 Å². The van der Waals surface area contributed by atoms with Gasteiger partial charge in [0.1, 0.15) is 5.82 Å². The summed E-state index contributed by atoms with van der Waals surface area (Å²) in [6.45, 7) is 0. The van der Waals surface area contributed by atoms with Crippen LogP contribution >= 0.6 is 11.3 Å². The van der Waals surface area contributed by atoms with E-state index in [1.165, 1.54) is 0 Å². The first kappa shape index (κ1) is 16.7. The van der Waals surface area contributed by atoms with Crippen LogP contribution in [0.4, 0.5) is 5.69 Å². The number of aromatic nitrogens is 4. The molecule has 0 atom stereocenters. The van der Waals surface area contributed by atoms with E-state index in [9.17, 15) is 4.79 Å². The van der Waals surface area contributed by atoms with Crippen molar-refractivity contribution in [1.82, 2.24) is 19.4 Å². The third kappa shape index (κ3) is 3.27. The van der Waals surface area contributed by atoms with Crippen molar-refractivity contribution in [3.05, 3.63) is 72.1 Å². The summed E-state index contributed by atoms with van der Waals surface area (Å²) in [4.78, 5) is 25.6. The van der Waals surface area contributed by atoms with Crippen LogP contribution in [0.25, 0.3) is 27.3 Å². The summed E-state index contributed by atoms with van der Waals surface area (Å²) in [5.74, 6) is 0.794. The molecule has 0 radical (unpaired) electrons. The van der Waals surface area contributed by atoms with E-state index in [1.807, 2.05) is 70.7 Å². The number of amides is 1. The first-order chi connectivity index (χ1) is 13.7. The van der Waals surface area contributed by atoms with Gasteiger partial charge in [0.15, 0.2) is 4.96 Å². The number of thiazole rings is 1.